The summed E-state index contributed by atoms with van der Waals surface area (Å²) in [5.41, 5.74) is 2.17. The van der Waals surface area contributed by atoms with Crippen molar-refractivity contribution in [2.24, 2.45) is 7.05 Å². The number of aryl methyl sites for hydroxylation is 1. The highest BCUT2D eigenvalue weighted by molar-refractivity contribution is 7.13. The van der Waals surface area contributed by atoms with E-state index in [-0.39, 0.29) is 11.7 Å². The first-order valence-electron chi connectivity index (χ1n) is 7.01. The molecule has 1 aromatic carbocycles. The number of hydrogen-bond donors (Lipinski definition) is 1. The lowest BCUT2D eigenvalue weighted by Gasteiger charge is -2.16. The average Bonchev–Trinajstić information content (AvgIpc) is 3.15. The Labute approximate surface area is 137 Å². The molecule has 0 spiro atoms. The van der Waals surface area contributed by atoms with Gasteiger partial charge in [-0.3, -0.25) is 9.48 Å². The number of nitrogens with zero attached hydrogens (tertiary/aromatic N) is 4. The van der Waals surface area contributed by atoms with E-state index in [2.05, 4.69) is 10.1 Å². The monoisotopic (exact) mass is 328 g/mol. The lowest BCUT2D eigenvalue weighted by Crippen LogP contribution is -2.26. The van der Waals surface area contributed by atoms with Crippen LogP contribution in [-0.4, -0.2) is 37.7 Å². The Balaban J connectivity index is 1.74. The molecule has 2 aromatic heterocycles. The van der Waals surface area contributed by atoms with E-state index >= 15 is 0 Å². The van der Waals surface area contributed by atoms with Gasteiger partial charge >= 0.3 is 0 Å². The van der Waals surface area contributed by atoms with Gasteiger partial charge in [0.1, 0.15) is 16.5 Å². The molecular formula is C16H16N4O2S. The summed E-state index contributed by atoms with van der Waals surface area (Å²) in [6.45, 7) is 0.410. The van der Waals surface area contributed by atoms with Crippen LogP contribution in [0, 0.1) is 0 Å². The van der Waals surface area contributed by atoms with Gasteiger partial charge in [-0.2, -0.15) is 5.10 Å². The van der Waals surface area contributed by atoms with Crippen molar-refractivity contribution in [3.05, 3.63) is 53.3 Å². The third-order valence-corrected chi connectivity index (χ3v) is 4.24. The van der Waals surface area contributed by atoms with Crippen molar-refractivity contribution in [1.82, 2.24) is 19.7 Å². The van der Waals surface area contributed by atoms with Crippen molar-refractivity contribution in [1.29, 1.82) is 0 Å². The van der Waals surface area contributed by atoms with E-state index in [1.54, 1.807) is 46.4 Å². The summed E-state index contributed by atoms with van der Waals surface area (Å²) < 4.78 is 1.70. The molecule has 6 nitrogen and oxygen atoms in total. The normalized spacial score (nSPS) is 10.7. The molecule has 0 aliphatic rings. The van der Waals surface area contributed by atoms with E-state index in [0.29, 0.717) is 12.2 Å². The van der Waals surface area contributed by atoms with Gasteiger partial charge in [-0.25, -0.2) is 4.98 Å². The van der Waals surface area contributed by atoms with E-state index in [0.717, 1.165) is 16.1 Å². The summed E-state index contributed by atoms with van der Waals surface area (Å²) in [6.07, 6.45) is 3.59. The Morgan fingerprint density at radius 2 is 2.26 bits per heavy atom. The molecule has 0 unspecified atom stereocenters. The quantitative estimate of drug-likeness (QED) is 0.799. The Hall–Kier alpha value is -2.67. The topological polar surface area (TPSA) is 71.2 Å². The number of thiazole rings is 1. The van der Waals surface area contributed by atoms with Gasteiger partial charge in [-0.1, -0.05) is 12.1 Å². The second-order valence-corrected chi connectivity index (χ2v) is 6.13. The van der Waals surface area contributed by atoms with E-state index in [9.17, 15) is 9.90 Å². The second kappa shape index (κ2) is 6.21. The molecule has 0 bridgehead atoms. The second-order valence-electron chi connectivity index (χ2n) is 5.27. The van der Waals surface area contributed by atoms with Gasteiger partial charge in [0.05, 0.1) is 6.20 Å². The van der Waals surface area contributed by atoms with E-state index < -0.39 is 0 Å². The molecule has 7 heteroatoms. The lowest BCUT2D eigenvalue weighted by atomic mass is 10.2. The van der Waals surface area contributed by atoms with Crippen LogP contribution in [0.1, 0.15) is 16.1 Å². The molecule has 3 aromatic rings. The van der Waals surface area contributed by atoms with Crippen LogP contribution in [0.2, 0.25) is 0 Å². The fraction of sp³-hybridized carbons (Fsp3) is 0.188. The molecule has 3 rings (SSSR count). The van der Waals surface area contributed by atoms with Crippen LogP contribution in [0.25, 0.3) is 10.6 Å². The summed E-state index contributed by atoms with van der Waals surface area (Å²) in [5, 5.41) is 16.1. The van der Waals surface area contributed by atoms with Crippen LogP contribution in [0.5, 0.6) is 5.75 Å². The van der Waals surface area contributed by atoms with E-state index in [1.165, 1.54) is 11.3 Å². The summed E-state index contributed by atoms with van der Waals surface area (Å²) in [5.74, 6) is 0.0376. The minimum Gasteiger partial charge on any atom is -0.508 e. The number of carbonyl (C=O) groups is 1. The van der Waals surface area contributed by atoms with Crippen molar-refractivity contribution >= 4 is 17.2 Å². The molecule has 0 radical (unpaired) electrons. The molecule has 23 heavy (non-hydrogen) atoms. The van der Waals surface area contributed by atoms with Crippen LogP contribution in [-0.2, 0) is 13.6 Å². The maximum atomic E-state index is 12.5. The number of phenols is 1. The maximum Gasteiger partial charge on any atom is 0.273 e. The average molecular weight is 328 g/mol. The minimum atomic E-state index is -0.153. The fourth-order valence-corrected chi connectivity index (χ4v) is 3.00. The molecule has 1 N–H and O–H groups in total. The van der Waals surface area contributed by atoms with Gasteiger partial charge in [-0.05, 0) is 17.7 Å². The molecule has 0 aliphatic carbocycles. The SMILES string of the molecule is CN(Cc1cccc(O)c1)C(=O)c1csc(-c2cnn(C)c2)n1. The number of hydrogen-bond acceptors (Lipinski definition) is 5. The van der Waals surface area contributed by atoms with Gasteiger partial charge in [0.15, 0.2) is 0 Å². The highest BCUT2D eigenvalue weighted by Crippen LogP contribution is 2.23. The first kappa shape index (κ1) is 15.2. The smallest absolute Gasteiger partial charge is 0.273 e. The number of aromatic hydroxyl groups is 1. The van der Waals surface area contributed by atoms with E-state index in [1.807, 2.05) is 19.3 Å². The zero-order valence-corrected chi connectivity index (χ0v) is 13.6. The molecule has 0 atom stereocenters. The highest BCUT2D eigenvalue weighted by Gasteiger charge is 2.17. The first-order valence-corrected chi connectivity index (χ1v) is 7.89. The van der Waals surface area contributed by atoms with Crippen LogP contribution < -0.4 is 0 Å². The van der Waals surface area contributed by atoms with E-state index in [4.69, 9.17) is 0 Å². The van der Waals surface area contributed by atoms with Gasteiger partial charge in [0, 0.05) is 37.8 Å². The fourth-order valence-electron chi connectivity index (χ4n) is 2.23. The molecule has 2 heterocycles. The molecule has 0 aliphatic heterocycles. The zero-order valence-electron chi connectivity index (χ0n) is 12.8. The lowest BCUT2D eigenvalue weighted by molar-refractivity contribution is 0.0780. The highest BCUT2D eigenvalue weighted by atomic mass is 32.1. The largest absolute Gasteiger partial charge is 0.508 e. The van der Waals surface area contributed by atoms with Gasteiger partial charge in [0.25, 0.3) is 5.91 Å². The van der Waals surface area contributed by atoms with Gasteiger partial charge < -0.3 is 10.0 Å². The third-order valence-electron chi connectivity index (χ3n) is 3.35. The van der Waals surface area contributed by atoms with Crippen molar-refractivity contribution in [3.8, 4) is 16.3 Å². The molecule has 0 saturated heterocycles. The Bertz CT molecular complexity index is 840. The predicted octanol–water partition coefficient (Wildman–Crippen LogP) is 2.52. The van der Waals surface area contributed by atoms with Gasteiger partial charge in [-0.15, -0.1) is 11.3 Å². The van der Waals surface area contributed by atoms with Crippen molar-refractivity contribution in [3.63, 3.8) is 0 Å². The third kappa shape index (κ3) is 3.40. The summed E-state index contributed by atoms with van der Waals surface area (Å²) in [4.78, 5) is 18.4. The van der Waals surface area contributed by atoms with Crippen molar-refractivity contribution < 1.29 is 9.90 Å². The first-order chi connectivity index (χ1) is 11.0. The Morgan fingerprint density at radius 1 is 1.43 bits per heavy atom. The van der Waals surface area contributed by atoms with Crippen LogP contribution in [0.3, 0.4) is 0 Å². The maximum absolute atomic E-state index is 12.5. The molecular weight excluding hydrogens is 312 g/mol. The zero-order chi connectivity index (χ0) is 16.4. The van der Waals surface area contributed by atoms with Crippen LogP contribution >= 0.6 is 11.3 Å². The molecule has 0 saturated carbocycles. The predicted molar refractivity (Wildman–Crippen MR) is 88.2 cm³/mol. The van der Waals surface area contributed by atoms with Crippen molar-refractivity contribution in [2.45, 2.75) is 6.54 Å². The Morgan fingerprint density at radius 3 is 2.96 bits per heavy atom. The summed E-state index contributed by atoms with van der Waals surface area (Å²) in [7, 11) is 3.56. The molecule has 118 valence electrons. The number of benzene rings is 1. The molecule has 1 amide bonds. The minimum absolute atomic E-state index is 0.153. The number of aromatic nitrogens is 3. The van der Waals surface area contributed by atoms with Crippen LogP contribution in [0.4, 0.5) is 0 Å². The van der Waals surface area contributed by atoms with Crippen LogP contribution in [0.15, 0.2) is 42.0 Å². The summed E-state index contributed by atoms with van der Waals surface area (Å²) in [6, 6.07) is 6.87. The number of rotatable bonds is 4. The van der Waals surface area contributed by atoms with Gasteiger partial charge in [0.2, 0.25) is 0 Å². The standard InChI is InChI=1S/C16H16N4O2S/c1-19(8-11-4-3-5-13(21)6-11)16(22)14-10-23-15(18-14)12-7-17-20(2)9-12/h3-7,9-10,21H,8H2,1-2H3. The number of phenolic OH excluding ortho intramolecular Hbond substituents is 1. The number of carbonyl (C=O) groups excluding carboxylic acids is 1. The van der Waals surface area contributed by atoms with Crippen molar-refractivity contribution in [2.75, 3.05) is 7.05 Å². The molecule has 0 fully saturated rings. The number of amides is 1. The Kier molecular flexibility index (Phi) is 4.12. The summed E-state index contributed by atoms with van der Waals surface area (Å²) >= 11 is 1.42.